The maximum Gasteiger partial charge on any atom is 0.409 e. The first kappa shape index (κ1) is 31.4. The number of piperidine rings is 1. The van der Waals surface area contributed by atoms with Gasteiger partial charge in [0.2, 0.25) is 0 Å². The summed E-state index contributed by atoms with van der Waals surface area (Å²) in [6.07, 6.45) is 5.47. The van der Waals surface area contributed by atoms with Crippen LogP contribution in [0.5, 0.6) is 5.75 Å². The van der Waals surface area contributed by atoms with E-state index in [0.29, 0.717) is 37.2 Å². The average molecular weight is 623 g/mol. The molecule has 10 nitrogen and oxygen atoms in total. The van der Waals surface area contributed by atoms with Crippen molar-refractivity contribution in [3.05, 3.63) is 58.2 Å². The summed E-state index contributed by atoms with van der Waals surface area (Å²) in [5.41, 5.74) is 7.32. The molecule has 0 aliphatic carbocycles. The highest BCUT2D eigenvalue weighted by atomic mass is 35.5. The highest BCUT2D eigenvalue weighted by Crippen LogP contribution is 2.37. The van der Waals surface area contributed by atoms with Crippen molar-refractivity contribution < 1.29 is 28.2 Å². The van der Waals surface area contributed by atoms with Gasteiger partial charge in [-0.2, -0.15) is 5.10 Å². The first-order valence-electron chi connectivity index (χ1n) is 13.6. The molecule has 0 bridgehead atoms. The summed E-state index contributed by atoms with van der Waals surface area (Å²) >= 11 is 12.4. The van der Waals surface area contributed by atoms with E-state index in [-0.39, 0.29) is 34.9 Å². The number of carbonyl (C=O) groups is 2. The Bertz CT molecular complexity index is 1440. The van der Waals surface area contributed by atoms with Crippen LogP contribution < -0.4 is 10.5 Å². The minimum Gasteiger partial charge on any atom is -0.482 e. The summed E-state index contributed by atoms with van der Waals surface area (Å²) in [5, 5.41) is 4.70. The van der Waals surface area contributed by atoms with Gasteiger partial charge in [0.15, 0.2) is 11.6 Å². The van der Waals surface area contributed by atoms with Crippen LogP contribution in [0.1, 0.15) is 64.7 Å². The molecule has 13 heteroatoms. The molecule has 2 N–H and O–H groups in total. The molecule has 0 radical (unpaired) electrons. The van der Waals surface area contributed by atoms with Crippen LogP contribution in [0.25, 0.3) is 11.1 Å². The lowest BCUT2D eigenvalue weighted by atomic mass is 10.1. The summed E-state index contributed by atoms with van der Waals surface area (Å²) in [7, 11) is 0. The fraction of sp³-hybridized carbons (Fsp3) is 0.448. The van der Waals surface area contributed by atoms with Crippen LogP contribution in [0.15, 0.2) is 36.8 Å². The molecule has 226 valence electrons. The third-order valence-corrected chi connectivity index (χ3v) is 7.37. The van der Waals surface area contributed by atoms with Gasteiger partial charge in [-0.15, -0.1) is 0 Å². The number of rotatable bonds is 8. The highest BCUT2D eigenvalue weighted by Gasteiger charge is 2.26. The van der Waals surface area contributed by atoms with Gasteiger partial charge in [0.05, 0.1) is 23.7 Å². The third kappa shape index (κ3) is 7.83. The second kappa shape index (κ2) is 13.2. The Kier molecular flexibility index (Phi) is 9.83. The lowest BCUT2D eigenvalue weighted by molar-refractivity contribution is -0.155. The molecule has 1 aromatic carbocycles. The number of nitrogens with zero attached hydrogens (tertiary/aromatic N) is 4. The molecule has 1 saturated heterocycles. The van der Waals surface area contributed by atoms with Crippen molar-refractivity contribution in [1.82, 2.24) is 19.7 Å². The van der Waals surface area contributed by atoms with Crippen molar-refractivity contribution in [2.45, 2.75) is 64.7 Å². The third-order valence-electron chi connectivity index (χ3n) is 6.65. The number of likely N-dealkylation sites (tertiary alicyclic amines) is 1. The zero-order valence-corrected chi connectivity index (χ0v) is 25.4. The van der Waals surface area contributed by atoms with Crippen molar-refractivity contribution in [3.63, 3.8) is 0 Å². The van der Waals surface area contributed by atoms with Gasteiger partial charge < -0.3 is 24.8 Å². The molecular formula is C29H34Cl2FN5O5. The number of aromatic nitrogens is 3. The van der Waals surface area contributed by atoms with Crippen molar-refractivity contribution >= 4 is 41.1 Å². The number of hydrogen-bond donors (Lipinski definition) is 1. The standard InChI is InChI=1S/C29H34Cl2FN5O5/c1-17(25-21(30)5-6-22(32)26(25)31)41-23-13-18(14-34-27(23)33)19-15-35-37(16-19)20-7-10-36(11-8-20)28(39)40-12-9-24(38)42-29(2,3)4/h5-6,13-17,20H,7-12H2,1-4H3,(H2,33,34)/t17-/m1/s1. The molecule has 2 aromatic heterocycles. The molecular weight excluding hydrogens is 588 g/mol. The summed E-state index contributed by atoms with van der Waals surface area (Å²) in [6, 6.07) is 4.43. The summed E-state index contributed by atoms with van der Waals surface area (Å²) in [6.45, 7) is 8.01. The fourth-order valence-corrected chi connectivity index (χ4v) is 5.26. The van der Waals surface area contributed by atoms with Crippen LogP contribution in [0.3, 0.4) is 0 Å². The quantitative estimate of drug-likeness (QED) is 0.220. The molecule has 0 spiro atoms. The van der Waals surface area contributed by atoms with Crippen molar-refractivity contribution in [3.8, 4) is 16.9 Å². The molecule has 1 atom stereocenters. The number of hydrogen-bond acceptors (Lipinski definition) is 8. The molecule has 0 unspecified atom stereocenters. The largest absolute Gasteiger partial charge is 0.482 e. The van der Waals surface area contributed by atoms with Crippen LogP contribution in [-0.2, 0) is 14.3 Å². The molecule has 1 amide bonds. The van der Waals surface area contributed by atoms with Gasteiger partial charge >= 0.3 is 12.1 Å². The number of esters is 1. The fourth-order valence-electron chi connectivity index (χ4n) is 4.58. The van der Waals surface area contributed by atoms with Gasteiger partial charge in [-0.25, -0.2) is 14.2 Å². The van der Waals surface area contributed by atoms with Crippen molar-refractivity contribution in [2.75, 3.05) is 25.4 Å². The Morgan fingerprint density at radius 2 is 1.88 bits per heavy atom. The number of carbonyl (C=O) groups excluding carboxylic acids is 2. The predicted octanol–water partition coefficient (Wildman–Crippen LogP) is 6.62. The molecule has 3 heterocycles. The average Bonchev–Trinajstić information content (AvgIpc) is 3.42. The van der Waals surface area contributed by atoms with Gasteiger partial charge in [0.25, 0.3) is 0 Å². The minimum atomic E-state index is -0.697. The lowest BCUT2D eigenvalue weighted by Gasteiger charge is -2.31. The Morgan fingerprint density at radius 1 is 1.17 bits per heavy atom. The van der Waals surface area contributed by atoms with E-state index in [1.54, 1.807) is 51.1 Å². The van der Waals surface area contributed by atoms with Crippen LogP contribution in [0, 0.1) is 5.82 Å². The highest BCUT2D eigenvalue weighted by molar-refractivity contribution is 6.36. The van der Waals surface area contributed by atoms with E-state index in [1.807, 2.05) is 10.9 Å². The Labute approximate surface area is 253 Å². The number of halogens is 3. The van der Waals surface area contributed by atoms with Crippen molar-refractivity contribution in [1.29, 1.82) is 0 Å². The lowest BCUT2D eigenvalue weighted by Crippen LogP contribution is -2.39. The number of benzene rings is 1. The number of amides is 1. The second-order valence-corrected chi connectivity index (χ2v) is 11.8. The number of anilines is 1. The van der Waals surface area contributed by atoms with E-state index in [9.17, 15) is 14.0 Å². The normalized spacial score (nSPS) is 14.9. The van der Waals surface area contributed by atoms with Crippen LogP contribution in [-0.4, -0.2) is 57.0 Å². The maximum absolute atomic E-state index is 14.0. The SMILES string of the molecule is C[C@@H](Oc1cc(-c2cnn(C3CCN(C(=O)OCCC(=O)OC(C)(C)C)CC3)c2)cnc1N)c1c(Cl)ccc(F)c1Cl. The van der Waals surface area contributed by atoms with Gasteiger partial charge in [0, 0.05) is 47.2 Å². The summed E-state index contributed by atoms with van der Waals surface area (Å²) < 4.78 is 32.4. The molecule has 1 aliphatic heterocycles. The second-order valence-electron chi connectivity index (χ2n) is 11.0. The van der Waals surface area contributed by atoms with Gasteiger partial charge in [-0.05, 0) is 58.7 Å². The van der Waals surface area contributed by atoms with E-state index in [2.05, 4.69) is 10.1 Å². The number of nitrogen functional groups attached to an aromatic ring is 1. The van der Waals surface area contributed by atoms with E-state index in [1.165, 1.54) is 12.1 Å². The number of pyridine rings is 1. The molecule has 3 aromatic rings. The Hall–Kier alpha value is -3.57. The van der Waals surface area contributed by atoms with Crippen LogP contribution in [0.2, 0.25) is 10.0 Å². The van der Waals surface area contributed by atoms with Gasteiger partial charge in [0.1, 0.15) is 24.1 Å². The predicted molar refractivity (Wildman–Crippen MR) is 157 cm³/mol. The zero-order chi connectivity index (χ0) is 30.6. The van der Waals surface area contributed by atoms with E-state index >= 15 is 0 Å². The topological polar surface area (TPSA) is 122 Å². The summed E-state index contributed by atoms with van der Waals surface area (Å²) in [4.78, 5) is 30.1. The number of ether oxygens (including phenoxy) is 3. The first-order valence-corrected chi connectivity index (χ1v) is 14.3. The monoisotopic (exact) mass is 621 g/mol. The molecule has 42 heavy (non-hydrogen) atoms. The maximum atomic E-state index is 14.0. The van der Waals surface area contributed by atoms with Gasteiger partial charge in [-0.1, -0.05) is 23.2 Å². The van der Waals surface area contributed by atoms with E-state index in [4.69, 9.17) is 43.1 Å². The van der Waals surface area contributed by atoms with Crippen molar-refractivity contribution in [2.24, 2.45) is 0 Å². The van der Waals surface area contributed by atoms with E-state index in [0.717, 1.165) is 11.1 Å². The molecule has 1 aliphatic rings. The molecule has 0 saturated carbocycles. The first-order chi connectivity index (χ1) is 19.8. The molecule has 4 rings (SSSR count). The number of nitrogens with two attached hydrogens (primary N) is 1. The Balaban J connectivity index is 1.34. The Morgan fingerprint density at radius 3 is 2.57 bits per heavy atom. The van der Waals surface area contributed by atoms with Gasteiger partial charge in [-0.3, -0.25) is 9.48 Å². The zero-order valence-electron chi connectivity index (χ0n) is 23.9. The minimum absolute atomic E-state index is 0.00744. The molecule has 1 fully saturated rings. The summed E-state index contributed by atoms with van der Waals surface area (Å²) in [5.74, 6) is -0.553. The van der Waals surface area contributed by atoms with Crippen LogP contribution >= 0.6 is 23.2 Å². The smallest absolute Gasteiger partial charge is 0.409 e. The van der Waals surface area contributed by atoms with E-state index < -0.39 is 29.6 Å². The van der Waals surface area contributed by atoms with Crippen LogP contribution in [0.4, 0.5) is 15.0 Å².